The molecule has 0 aromatic carbocycles. The van der Waals surface area contributed by atoms with Gasteiger partial charge in [-0.15, -0.1) is 0 Å². The first-order valence-electron chi connectivity index (χ1n) is 3.48. The minimum Gasteiger partial charge on any atom is -0.377 e. The molecule has 0 heterocycles. The lowest BCUT2D eigenvalue weighted by Crippen LogP contribution is -2.19. The molecule has 0 radical (unpaired) electrons. The molecule has 10 heavy (non-hydrogen) atoms. The van der Waals surface area contributed by atoms with Crippen LogP contribution in [0.25, 0.3) is 0 Å². The Balaban J connectivity index is 2.67. The number of carbonyl (C=O) groups excluding carboxylic acids is 1. The van der Waals surface area contributed by atoms with Crippen molar-refractivity contribution in [2.45, 2.75) is 25.9 Å². The lowest BCUT2D eigenvalue weighted by atomic mass is 9.97. The van der Waals surface area contributed by atoms with Gasteiger partial charge < -0.3 is 4.74 Å². The second-order valence-electron chi connectivity index (χ2n) is 2.62. The van der Waals surface area contributed by atoms with Gasteiger partial charge in [0.1, 0.15) is 0 Å². The van der Waals surface area contributed by atoms with Crippen molar-refractivity contribution < 1.29 is 9.53 Å². The molecule has 0 spiro atoms. The van der Waals surface area contributed by atoms with E-state index in [9.17, 15) is 4.79 Å². The number of methoxy groups -OCH3 is 1. The van der Waals surface area contributed by atoms with Crippen LogP contribution in [0.5, 0.6) is 0 Å². The molecule has 0 fully saturated rings. The average molecular weight is 140 g/mol. The van der Waals surface area contributed by atoms with Crippen LogP contribution >= 0.6 is 0 Å². The molecule has 0 amide bonds. The Morgan fingerprint density at radius 3 is 2.90 bits per heavy atom. The van der Waals surface area contributed by atoms with E-state index in [0.717, 1.165) is 12.0 Å². The Morgan fingerprint density at radius 2 is 2.40 bits per heavy atom. The molecule has 1 atom stereocenters. The van der Waals surface area contributed by atoms with Gasteiger partial charge in [0.2, 0.25) is 0 Å². The van der Waals surface area contributed by atoms with Gasteiger partial charge in [-0.05, 0) is 25.0 Å². The van der Waals surface area contributed by atoms with E-state index in [4.69, 9.17) is 4.74 Å². The molecule has 0 aromatic rings. The first-order chi connectivity index (χ1) is 4.74. The lowest BCUT2D eigenvalue weighted by Gasteiger charge is -2.18. The van der Waals surface area contributed by atoms with Gasteiger partial charge in [0.15, 0.2) is 5.78 Å². The second kappa shape index (κ2) is 2.97. The fraction of sp³-hybridized carbons (Fsp3) is 0.625. The number of ketones is 1. The molecule has 2 nitrogen and oxygen atoms in total. The molecular formula is C8H12O2. The van der Waals surface area contributed by atoms with Crippen LogP contribution in [0, 0.1) is 0 Å². The van der Waals surface area contributed by atoms with Gasteiger partial charge >= 0.3 is 0 Å². The largest absolute Gasteiger partial charge is 0.377 e. The molecule has 0 N–H and O–H groups in total. The van der Waals surface area contributed by atoms with Crippen molar-refractivity contribution in [2.24, 2.45) is 0 Å². The van der Waals surface area contributed by atoms with Gasteiger partial charge in [-0.2, -0.15) is 0 Å². The van der Waals surface area contributed by atoms with E-state index >= 15 is 0 Å². The molecule has 1 aliphatic carbocycles. The highest BCUT2D eigenvalue weighted by molar-refractivity contribution is 5.91. The summed E-state index contributed by atoms with van der Waals surface area (Å²) in [6, 6.07) is 0. The smallest absolute Gasteiger partial charge is 0.155 e. The van der Waals surface area contributed by atoms with E-state index in [0.29, 0.717) is 6.42 Å². The SMILES string of the molecule is COC1CCC(=O)C=C1C. The summed E-state index contributed by atoms with van der Waals surface area (Å²) in [5.74, 6) is 0.228. The Bertz CT molecular complexity index is 170. The van der Waals surface area contributed by atoms with Crippen molar-refractivity contribution in [3.05, 3.63) is 11.6 Å². The topological polar surface area (TPSA) is 26.3 Å². The molecule has 0 aromatic heterocycles. The molecule has 56 valence electrons. The van der Waals surface area contributed by atoms with Crippen molar-refractivity contribution in [1.29, 1.82) is 0 Å². The maximum Gasteiger partial charge on any atom is 0.155 e. The zero-order valence-electron chi connectivity index (χ0n) is 6.39. The number of ether oxygens (including phenoxy) is 1. The average Bonchev–Trinajstić information content (AvgIpc) is 1.88. The molecule has 1 aliphatic rings. The van der Waals surface area contributed by atoms with Crippen LogP contribution in [0.2, 0.25) is 0 Å². The van der Waals surface area contributed by atoms with Crippen LogP contribution in [0.4, 0.5) is 0 Å². The monoisotopic (exact) mass is 140 g/mol. The van der Waals surface area contributed by atoms with Crippen molar-refractivity contribution in [3.8, 4) is 0 Å². The Kier molecular flexibility index (Phi) is 2.22. The van der Waals surface area contributed by atoms with Crippen LogP contribution in [-0.2, 0) is 9.53 Å². The lowest BCUT2D eigenvalue weighted by molar-refractivity contribution is -0.115. The van der Waals surface area contributed by atoms with E-state index in [2.05, 4.69) is 0 Å². The summed E-state index contributed by atoms with van der Waals surface area (Å²) >= 11 is 0. The zero-order chi connectivity index (χ0) is 7.56. The van der Waals surface area contributed by atoms with Gasteiger partial charge in [-0.1, -0.05) is 0 Å². The standard InChI is InChI=1S/C8H12O2/c1-6-5-7(9)3-4-8(6)10-2/h5,8H,3-4H2,1-2H3. The zero-order valence-corrected chi connectivity index (χ0v) is 6.39. The quantitative estimate of drug-likeness (QED) is 0.549. The number of carbonyl (C=O) groups is 1. The first-order valence-corrected chi connectivity index (χ1v) is 3.48. The van der Waals surface area contributed by atoms with Gasteiger partial charge in [0.05, 0.1) is 6.10 Å². The maximum absolute atomic E-state index is 10.8. The highest BCUT2D eigenvalue weighted by atomic mass is 16.5. The minimum absolute atomic E-state index is 0.178. The van der Waals surface area contributed by atoms with Gasteiger partial charge in [0.25, 0.3) is 0 Å². The first kappa shape index (κ1) is 7.48. The molecular weight excluding hydrogens is 128 g/mol. The number of allylic oxidation sites excluding steroid dienone is 1. The number of hydrogen-bond acceptors (Lipinski definition) is 2. The van der Waals surface area contributed by atoms with E-state index in [1.807, 2.05) is 6.92 Å². The third-order valence-electron chi connectivity index (χ3n) is 1.83. The molecule has 0 bridgehead atoms. The van der Waals surface area contributed by atoms with Crippen molar-refractivity contribution in [2.75, 3.05) is 7.11 Å². The predicted molar refractivity (Wildman–Crippen MR) is 38.8 cm³/mol. The van der Waals surface area contributed by atoms with Gasteiger partial charge in [0, 0.05) is 13.5 Å². The van der Waals surface area contributed by atoms with E-state index in [1.165, 1.54) is 0 Å². The summed E-state index contributed by atoms with van der Waals surface area (Å²) in [5.41, 5.74) is 1.05. The van der Waals surface area contributed by atoms with Crippen LogP contribution in [-0.4, -0.2) is 19.0 Å². The van der Waals surface area contributed by atoms with E-state index in [-0.39, 0.29) is 11.9 Å². The van der Waals surface area contributed by atoms with Crippen LogP contribution in [0.1, 0.15) is 19.8 Å². The highest BCUT2D eigenvalue weighted by Crippen LogP contribution is 2.17. The fourth-order valence-corrected chi connectivity index (χ4v) is 1.22. The van der Waals surface area contributed by atoms with Crippen molar-refractivity contribution in [1.82, 2.24) is 0 Å². The fourth-order valence-electron chi connectivity index (χ4n) is 1.22. The Morgan fingerprint density at radius 1 is 1.70 bits per heavy atom. The molecule has 2 heteroatoms. The summed E-state index contributed by atoms with van der Waals surface area (Å²) in [6.07, 6.45) is 3.34. The third kappa shape index (κ3) is 1.45. The molecule has 0 saturated heterocycles. The van der Waals surface area contributed by atoms with Crippen molar-refractivity contribution >= 4 is 5.78 Å². The minimum atomic E-state index is 0.178. The Labute approximate surface area is 60.9 Å². The predicted octanol–water partition coefficient (Wildman–Crippen LogP) is 1.31. The summed E-state index contributed by atoms with van der Waals surface area (Å²) in [6.45, 7) is 1.94. The van der Waals surface area contributed by atoms with Crippen LogP contribution in [0.3, 0.4) is 0 Å². The van der Waals surface area contributed by atoms with E-state index in [1.54, 1.807) is 13.2 Å². The molecule has 1 unspecified atom stereocenters. The third-order valence-corrected chi connectivity index (χ3v) is 1.83. The highest BCUT2D eigenvalue weighted by Gasteiger charge is 2.16. The van der Waals surface area contributed by atoms with Gasteiger partial charge in [-0.25, -0.2) is 0 Å². The normalized spacial score (nSPS) is 26.4. The summed E-state index contributed by atoms with van der Waals surface area (Å²) < 4.78 is 5.13. The van der Waals surface area contributed by atoms with E-state index < -0.39 is 0 Å². The van der Waals surface area contributed by atoms with Crippen LogP contribution in [0.15, 0.2) is 11.6 Å². The van der Waals surface area contributed by atoms with Crippen molar-refractivity contribution in [3.63, 3.8) is 0 Å². The molecule has 1 rings (SSSR count). The van der Waals surface area contributed by atoms with Gasteiger partial charge in [-0.3, -0.25) is 4.79 Å². The summed E-state index contributed by atoms with van der Waals surface area (Å²) in [5, 5.41) is 0. The molecule has 0 aliphatic heterocycles. The summed E-state index contributed by atoms with van der Waals surface area (Å²) in [7, 11) is 1.68. The Hall–Kier alpha value is -0.630. The second-order valence-corrected chi connectivity index (χ2v) is 2.62. The maximum atomic E-state index is 10.8. The number of rotatable bonds is 1. The molecule has 0 saturated carbocycles. The van der Waals surface area contributed by atoms with Crippen LogP contribution < -0.4 is 0 Å². The number of hydrogen-bond donors (Lipinski definition) is 0. The summed E-state index contributed by atoms with van der Waals surface area (Å²) in [4.78, 5) is 10.8.